The number of hydrogen-bond acceptors (Lipinski definition) is 5. The van der Waals surface area contributed by atoms with Gasteiger partial charge in [0.1, 0.15) is 24.0 Å². The van der Waals surface area contributed by atoms with Gasteiger partial charge in [0.05, 0.1) is 5.69 Å². The van der Waals surface area contributed by atoms with Crippen LogP contribution in [-0.2, 0) is 6.54 Å². The Kier molecular flexibility index (Phi) is 4.74. The fourth-order valence-corrected chi connectivity index (χ4v) is 4.79. The molecule has 2 aliphatic rings. The van der Waals surface area contributed by atoms with Crippen molar-refractivity contribution in [3.05, 3.63) is 64.9 Å². The Morgan fingerprint density at radius 2 is 1.89 bits per heavy atom. The maximum absolute atomic E-state index is 13.1. The summed E-state index contributed by atoms with van der Waals surface area (Å²) in [6.07, 6.45) is 2.31. The van der Waals surface area contributed by atoms with E-state index < -0.39 is 0 Å². The van der Waals surface area contributed by atoms with Gasteiger partial charge in [-0.25, -0.2) is 9.37 Å². The van der Waals surface area contributed by atoms with Crippen molar-refractivity contribution in [2.24, 2.45) is 0 Å². The molecule has 1 atom stereocenters. The van der Waals surface area contributed by atoms with Crippen molar-refractivity contribution in [3.8, 4) is 22.1 Å². The molecule has 6 heteroatoms. The molecular formula is C22H21FN2O2S. The van der Waals surface area contributed by atoms with Crippen LogP contribution in [0.25, 0.3) is 10.6 Å². The molecule has 0 bridgehead atoms. The molecule has 2 aromatic carbocycles. The average molecular weight is 396 g/mol. The van der Waals surface area contributed by atoms with Gasteiger partial charge in [-0.05, 0) is 61.3 Å². The van der Waals surface area contributed by atoms with Crippen molar-refractivity contribution in [2.75, 3.05) is 19.8 Å². The molecule has 5 rings (SSSR count). The van der Waals surface area contributed by atoms with Gasteiger partial charge in [0, 0.05) is 23.5 Å². The van der Waals surface area contributed by atoms with Crippen molar-refractivity contribution in [1.82, 2.24) is 9.88 Å². The topological polar surface area (TPSA) is 34.6 Å². The molecular weight excluding hydrogens is 375 g/mol. The minimum atomic E-state index is -0.222. The summed E-state index contributed by atoms with van der Waals surface area (Å²) < 4.78 is 24.5. The van der Waals surface area contributed by atoms with E-state index in [0.29, 0.717) is 19.3 Å². The maximum Gasteiger partial charge on any atom is 0.161 e. The summed E-state index contributed by atoms with van der Waals surface area (Å²) in [5.74, 6) is 1.46. The lowest BCUT2D eigenvalue weighted by Gasteiger charge is -2.26. The fourth-order valence-electron chi connectivity index (χ4n) is 3.97. The van der Waals surface area contributed by atoms with Crippen LogP contribution in [0.15, 0.2) is 47.8 Å². The van der Waals surface area contributed by atoms with Crippen molar-refractivity contribution < 1.29 is 13.9 Å². The minimum Gasteiger partial charge on any atom is -0.486 e. The summed E-state index contributed by atoms with van der Waals surface area (Å²) in [4.78, 5) is 7.26. The Balaban J connectivity index is 1.33. The first-order valence-electron chi connectivity index (χ1n) is 9.60. The van der Waals surface area contributed by atoms with Gasteiger partial charge < -0.3 is 9.47 Å². The first-order valence-corrected chi connectivity index (χ1v) is 10.5. The second kappa shape index (κ2) is 7.53. The van der Waals surface area contributed by atoms with Crippen LogP contribution in [-0.4, -0.2) is 29.6 Å². The van der Waals surface area contributed by atoms with Crippen molar-refractivity contribution in [1.29, 1.82) is 0 Å². The zero-order chi connectivity index (χ0) is 18.9. The van der Waals surface area contributed by atoms with Gasteiger partial charge in [0.15, 0.2) is 11.5 Å². The van der Waals surface area contributed by atoms with E-state index in [1.807, 2.05) is 6.07 Å². The van der Waals surface area contributed by atoms with Crippen molar-refractivity contribution in [2.45, 2.75) is 25.4 Å². The third-order valence-corrected chi connectivity index (χ3v) is 6.26. The molecule has 0 radical (unpaired) electrons. The Bertz CT molecular complexity index is 973. The summed E-state index contributed by atoms with van der Waals surface area (Å²) in [6.45, 7) is 3.09. The monoisotopic (exact) mass is 396 g/mol. The quantitative estimate of drug-likeness (QED) is 0.618. The molecule has 0 spiro atoms. The normalized spacial score (nSPS) is 19.1. The first kappa shape index (κ1) is 17.6. The number of aromatic nitrogens is 1. The van der Waals surface area contributed by atoms with E-state index >= 15 is 0 Å². The molecule has 0 saturated carbocycles. The molecule has 144 valence electrons. The van der Waals surface area contributed by atoms with Crippen LogP contribution in [0.3, 0.4) is 0 Å². The highest BCUT2D eigenvalue weighted by atomic mass is 32.1. The molecule has 1 fully saturated rings. The Morgan fingerprint density at radius 1 is 1.07 bits per heavy atom. The van der Waals surface area contributed by atoms with Crippen LogP contribution in [0.1, 0.15) is 30.1 Å². The fraction of sp³-hybridized carbons (Fsp3) is 0.318. The van der Waals surface area contributed by atoms with E-state index in [2.05, 4.69) is 22.4 Å². The molecule has 1 saturated heterocycles. The smallest absolute Gasteiger partial charge is 0.161 e. The van der Waals surface area contributed by atoms with Crippen LogP contribution < -0.4 is 9.47 Å². The summed E-state index contributed by atoms with van der Waals surface area (Å²) in [6, 6.07) is 13.2. The zero-order valence-corrected chi connectivity index (χ0v) is 16.3. The number of rotatable bonds is 4. The number of likely N-dealkylation sites (tertiary alicyclic amines) is 1. The number of thiazole rings is 1. The molecule has 3 heterocycles. The lowest BCUT2D eigenvalue weighted by atomic mass is 10.0. The van der Waals surface area contributed by atoms with Crippen LogP contribution in [0.5, 0.6) is 11.5 Å². The predicted molar refractivity (Wildman–Crippen MR) is 107 cm³/mol. The Hall–Kier alpha value is -2.44. The van der Waals surface area contributed by atoms with E-state index in [9.17, 15) is 4.39 Å². The number of nitrogens with zero attached hydrogens (tertiary/aromatic N) is 2. The summed E-state index contributed by atoms with van der Waals surface area (Å²) in [7, 11) is 0. The molecule has 1 aromatic heterocycles. The SMILES string of the molecule is Fc1ccc(-c2nc(CN3CCCC3c3ccc4c(c3)OCCO4)cs2)cc1. The van der Waals surface area contributed by atoms with Gasteiger partial charge in [-0.2, -0.15) is 0 Å². The van der Waals surface area contributed by atoms with Crippen molar-refractivity contribution >= 4 is 11.3 Å². The van der Waals surface area contributed by atoms with Crippen LogP contribution >= 0.6 is 11.3 Å². The highest BCUT2D eigenvalue weighted by molar-refractivity contribution is 7.13. The van der Waals surface area contributed by atoms with Gasteiger partial charge >= 0.3 is 0 Å². The maximum atomic E-state index is 13.1. The third kappa shape index (κ3) is 3.50. The van der Waals surface area contributed by atoms with Crippen molar-refractivity contribution in [3.63, 3.8) is 0 Å². The van der Waals surface area contributed by atoms with Gasteiger partial charge in [0.2, 0.25) is 0 Å². The standard InChI is InChI=1S/C22H21FN2O2S/c23-17-6-3-15(4-7-17)22-24-18(14-28-22)13-25-9-1-2-19(25)16-5-8-20-21(12-16)27-11-10-26-20/h3-8,12,14,19H,1-2,9-11,13H2. The minimum absolute atomic E-state index is 0.222. The Labute approximate surface area is 167 Å². The first-order chi connectivity index (χ1) is 13.8. The highest BCUT2D eigenvalue weighted by Gasteiger charge is 2.28. The summed E-state index contributed by atoms with van der Waals surface area (Å²) in [5.41, 5.74) is 3.30. The molecule has 0 N–H and O–H groups in total. The van der Waals surface area contributed by atoms with Crippen LogP contribution in [0.2, 0.25) is 0 Å². The lowest BCUT2D eigenvalue weighted by molar-refractivity contribution is 0.170. The predicted octanol–water partition coefficient (Wildman–Crippen LogP) is 5.06. The largest absolute Gasteiger partial charge is 0.486 e. The Morgan fingerprint density at radius 3 is 2.75 bits per heavy atom. The van der Waals surface area contributed by atoms with Gasteiger partial charge in [-0.15, -0.1) is 11.3 Å². The summed E-state index contributed by atoms with van der Waals surface area (Å²) in [5, 5.41) is 3.04. The number of hydrogen-bond donors (Lipinski definition) is 0. The van der Waals surface area contributed by atoms with Crippen LogP contribution in [0, 0.1) is 5.82 Å². The molecule has 0 aliphatic carbocycles. The molecule has 3 aromatic rings. The van der Waals surface area contributed by atoms with Gasteiger partial charge in [-0.1, -0.05) is 6.07 Å². The van der Waals surface area contributed by atoms with Gasteiger partial charge in [-0.3, -0.25) is 4.90 Å². The zero-order valence-electron chi connectivity index (χ0n) is 15.4. The second-order valence-corrected chi connectivity index (χ2v) is 8.04. The lowest BCUT2D eigenvalue weighted by Crippen LogP contribution is -2.23. The average Bonchev–Trinajstić information content (AvgIpc) is 3.38. The third-order valence-electron chi connectivity index (χ3n) is 5.32. The van der Waals surface area contributed by atoms with Crippen LogP contribution in [0.4, 0.5) is 4.39 Å². The molecule has 1 unspecified atom stereocenters. The van der Waals surface area contributed by atoms with E-state index in [1.165, 1.54) is 24.1 Å². The molecule has 4 nitrogen and oxygen atoms in total. The molecule has 0 amide bonds. The molecule has 2 aliphatic heterocycles. The second-order valence-electron chi connectivity index (χ2n) is 7.18. The number of fused-ring (bicyclic) bond motifs is 1. The summed E-state index contributed by atoms with van der Waals surface area (Å²) >= 11 is 1.61. The highest BCUT2D eigenvalue weighted by Crippen LogP contribution is 2.39. The number of benzene rings is 2. The van der Waals surface area contributed by atoms with Gasteiger partial charge in [0.25, 0.3) is 0 Å². The van der Waals surface area contributed by atoms with E-state index in [4.69, 9.17) is 14.5 Å². The number of halogens is 1. The van der Waals surface area contributed by atoms with E-state index in [1.54, 1.807) is 23.5 Å². The van der Waals surface area contributed by atoms with E-state index in [0.717, 1.165) is 47.3 Å². The van der Waals surface area contributed by atoms with E-state index in [-0.39, 0.29) is 5.82 Å². The molecule has 28 heavy (non-hydrogen) atoms. The number of ether oxygens (including phenoxy) is 2.